The van der Waals surface area contributed by atoms with Crippen LogP contribution in [0, 0.1) is 23.6 Å². The molecule has 0 spiro atoms. The van der Waals surface area contributed by atoms with Crippen LogP contribution >= 0.6 is 0 Å². The molecule has 2 bridgehead atoms. The van der Waals surface area contributed by atoms with Crippen LogP contribution in [-0.2, 0) is 0 Å². The molecule has 2 aliphatic rings. The standard InChI is InChI=1S/C17H21FO3/c1-20-16-8-13(14(18)9-17(16)21-2)15(19)7-12-6-10-3-4-11(12)5-10/h8-12H,3-7H2,1-2H3. The minimum atomic E-state index is -0.527. The summed E-state index contributed by atoms with van der Waals surface area (Å²) in [5, 5.41) is 0. The number of hydrogen-bond donors (Lipinski definition) is 0. The molecule has 1 aromatic carbocycles. The number of Topliss-reactive ketones (excluding diaryl/α,β-unsaturated/α-hetero) is 1. The fourth-order valence-electron chi connectivity index (χ4n) is 4.04. The zero-order valence-electron chi connectivity index (χ0n) is 12.5. The van der Waals surface area contributed by atoms with Gasteiger partial charge < -0.3 is 9.47 Å². The molecule has 3 rings (SSSR count). The highest BCUT2D eigenvalue weighted by molar-refractivity contribution is 5.97. The van der Waals surface area contributed by atoms with E-state index < -0.39 is 5.82 Å². The van der Waals surface area contributed by atoms with Crippen molar-refractivity contribution in [2.45, 2.75) is 32.1 Å². The molecule has 1 aromatic rings. The van der Waals surface area contributed by atoms with Crippen molar-refractivity contribution in [1.82, 2.24) is 0 Å². The molecule has 3 atom stereocenters. The molecule has 0 aromatic heterocycles. The first-order valence-electron chi connectivity index (χ1n) is 7.57. The van der Waals surface area contributed by atoms with Crippen LogP contribution in [-0.4, -0.2) is 20.0 Å². The van der Waals surface area contributed by atoms with Crippen LogP contribution in [0.25, 0.3) is 0 Å². The number of hydrogen-bond acceptors (Lipinski definition) is 3. The van der Waals surface area contributed by atoms with Gasteiger partial charge in [0, 0.05) is 12.5 Å². The summed E-state index contributed by atoms with van der Waals surface area (Å²) in [6, 6.07) is 2.69. The van der Waals surface area contributed by atoms with E-state index >= 15 is 0 Å². The summed E-state index contributed by atoms with van der Waals surface area (Å²) in [5.74, 6) is 1.96. The molecule has 0 radical (unpaired) electrons. The third-order valence-corrected chi connectivity index (χ3v) is 5.11. The number of fused-ring (bicyclic) bond motifs is 2. The summed E-state index contributed by atoms with van der Waals surface area (Å²) in [6.45, 7) is 0. The molecule has 0 amide bonds. The van der Waals surface area contributed by atoms with Gasteiger partial charge >= 0.3 is 0 Å². The van der Waals surface area contributed by atoms with E-state index in [1.807, 2.05) is 0 Å². The first-order valence-corrected chi connectivity index (χ1v) is 7.57. The summed E-state index contributed by atoms with van der Waals surface area (Å²) in [4.78, 5) is 12.4. The van der Waals surface area contributed by atoms with Crippen molar-refractivity contribution in [3.63, 3.8) is 0 Å². The number of benzene rings is 1. The van der Waals surface area contributed by atoms with Gasteiger partial charge in [0.1, 0.15) is 5.82 Å². The van der Waals surface area contributed by atoms with Crippen LogP contribution in [0.5, 0.6) is 11.5 Å². The maximum Gasteiger partial charge on any atom is 0.166 e. The van der Waals surface area contributed by atoms with Gasteiger partial charge in [0.25, 0.3) is 0 Å². The lowest BCUT2D eigenvalue weighted by Crippen LogP contribution is -2.16. The molecule has 0 saturated heterocycles. The van der Waals surface area contributed by atoms with Crippen LogP contribution in [0.2, 0.25) is 0 Å². The lowest BCUT2D eigenvalue weighted by atomic mass is 9.84. The lowest BCUT2D eigenvalue weighted by molar-refractivity contribution is 0.0940. The fourth-order valence-corrected chi connectivity index (χ4v) is 4.04. The molecular formula is C17H21FO3. The predicted molar refractivity (Wildman–Crippen MR) is 77.4 cm³/mol. The Labute approximate surface area is 124 Å². The number of methoxy groups -OCH3 is 2. The molecule has 2 aliphatic carbocycles. The summed E-state index contributed by atoms with van der Waals surface area (Å²) < 4.78 is 24.3. The number of halogens is 1. The minimum absolute atomic E-state index is 0.119. The zero-order chi connectivity index (χ0) is 15.0. The highest BCUT2D eigenvalue weighted by atomic mass is 19.1. The van der Waals surface area contributed by atoms with E-state index in [0.29, 0.717) is 29.8 Å². The fraction of sp³-hybridized carbons (Fsp3) is 0.588. The third kappa shape index (κ3) is 2.63. The van der Waals surface area contributed by atoms with Gasteiger partial charge in [-0.15, -0.1) is 0 Å². The molecule has 0 heterocycles. The Balaban J connectivity index is 1.78. The maximum atomic E-state index is 14.1. The molecule has 21 heavy (non-hydrogen) atoms. The highest BCUT2D eigenvalue weighted by Gasteiger charge is 2.40. The maximum absolute atomic E-state index is 14.1. The van der Waals surface area contributed by atoms with Crippen LogP contribution in [0.15, 0.2) is 12.1 Å². The van der Waals surface area contributed by atoms with Gasteiger partial charge in [-0.2, -0.15) is 0 Å². The van der Waals surface area contributed by atoms with Crippen molar-refractivity contribution in [3.05, 3.63) is 23.5 Å². The second-order valence-electron chi connectivity index (χ2n) is 6.25. The quantitative estimate of drug-likeness (QED) is 0.773. The molecular weight excluding hydrogens is 271 g/mol. The number of rotatable bonds is 5. The average molecular weight is 292 g/mol. The molecule has 0 N–H and O–H groups in total. The zero-order valence-corrected chi connectivity index (χ0v) is 12.5. The molecule has 3 nitrogen and oxygen atoms in total. The number of carbonyl (C=O) groups is 1. The lowest BCUT2D eigenvalue weighted by Gasteiger charge is -2.21. The van der Waals surface area contributed by atoms with Crippen molar-refractivity contribution >= 4 is 5.78 Å². The van der Waals surface area contributed by atoms with Crippen LogP contribution in [0.4, 0.5) is 4.39 Å². The normalized spacial score (nSPS) is 26.9. The summed E-state index contributed by atoms with van der Waals surface area (Å²) in [7, 11) is 2.94. The van der Waals surface area contributed by atoms with Crippen molar-refractivity contribution in [1.29, 1.82) is 0 Å². The van der Waals surface area contributed by atoms with Crippen LogP contribution < -0.4 is 9.47 Å². The first kappa shape index (κ1) is 14.4. The molecule has 114 valence electrons. The van der Waals surface area contributed by atoms with Gasteiger partial charge in [-0.25, -0.2) is 4.39 Å². The largest absolute Gasteiger partial charge is 0.493 e. The van der Waals surface area contributed by atoms with Crippen molar-refractivity contribution < 1.29 is 18.7 Å². The van der Waals surface area contributed by atoms with Crippen molar-refractivity contribution in [3.8, 4) is 11.5 Å². The SMILES string of the molecule is COc1cc(F)c(C(=O)CC2CC3CCC2C3)cc1OC. The third-order valence-electron chi connectivity index (χ3n) is 5.11. The van der Waals surface area contributed by atoms with Gasteiger partial charge in [-0.3, -0.25) is 4.79 Å². The van der Waals surface area contributed by atoms with Gasteiger partial charge in [-0.05, 0) is 43.1 Å². The van der Waals surface area contributed by atoms with E-state index in [1.54, 1.807) is 0 Å². The van der Waals surface area contributed by atoms with Crippen LogP contribution in [0.1, 0.15) is 42.5 Å². The predicted octanol–water partition coefficient (Wildman–Crippen LogP) is 3.85. The van der Waals surface area contributed by atoms with E-state index in [2.05, 4.69) is 0 Å². The van der Waals surface area contributed by atoms with E-state index in [0.717, 1.165) is 12.3 Å². The Morgan fingerprint density at radius 2 is 1.90 bits per heavy atom. The smallest absolute Gasteiger partial charge is 0.166 e. The Morgan fingerprint density at radius 3 is 2.48 bits per heavy atom. The monoisotopic (exact) mass is 292 g/mol. The highest BCUT2D eigenvalue weighted by Crippen LogP contribution is 2.50. The molecule has 4 heteroatoms. The van der Waals surface area contributed by atoms with Gasteiger partial charge in [0.15, 0.2) is 17.3 Å². The number of carbonyl (C=O) groups excluding carboxylic acids is 1. The molecule has 3 unspecified atom stereocenters. The number of ketones is 1. The van der Waals surface area contributed by atoms with Gasteiger partial charge in [0.05, 0.1) is 19.8 Å². The molecule has 0 aliphatic heterocycles. The van der Waals surface area contributed by atoms with Crippen molar-refractivity contribution in [2.24, 2.45) is 17.8 Å². The van der Waals surface area contributed by atoms with E-state index in [-0.39, 0.29) is 11.3 Å². The Hall–Kier alpha value is -1.58. The van der Waals surface area contributed by atoms with E-state index in [1.165, 1.54) is 45.6 Å². The van der Waals surface area contributed by atoms with Crippen LogP contribution in [0.3, 0.4) is 0 Å². The number of ether oxygens (including phenoxy) is 2. The Kier molecular flexibility index (Phi) is 3.87. The van der Waals surface area contributed by atoms with Gasteiger partial charge in [0.2, 0.25) is 0 Å². The minimum Gasteiger partial charge on any atom is -0.493 e. The second kappa shape index (κ2) is 5.66. The summed E-state index contributed by atoms with van der Waals surface area (Å²) in [5.41, 5.74) is 0.121. The summed E-state index contributed by atoms with van der Waals surface area (Å²) in [6.07, 6.45) is 5.38. The van der Waals surface area contributed by atoms with Gasteiger partial charge in [-0.1, -0.05) is 6.42 Å². The molecule has 2 saturated carbocycles. The summed E-state index contributed by atoms with van der Waals surface area (Å²) >= 11 is 0. The molecule has 2 fully saturated rings. The van der Waals surface area contributed by atoms with E-state index in [9.17, 15) is 9.18 Å². The first-order chi connectivity index (χ1) is 10.1. The Morgan fingerprint density at radius 1 is 1.19 bits per heavy atom. The van der Waals surface area contributed by atoms with Crippen molar-refractivity contribution in [2.75, 3.05) is 14.2 Å². The topological polar surface area (TPSA) is 35.5 Å². The average Bonchev–Trinajstić information content (AvgIpc) is 3.09. The van der Waals surface area contributed by atoms with E-state index in [4.69, 9.17) is 9.47 Å². The second-order valence-corrected chi connectivity index (χ2v) is 6.25. The Bertz CT molecular complexity index is 555.